The number of hydrogen-bond donors (Lipinski definition) is 5. The fourth-order valence-corrected chi connectivity index (χ4v) is 4.35. The first kappa shape index (κ1) is 33.2. The van der Waals surface area contributed by atoms with Gasteiger partial charge in [-0.25, -0.2) is 10.5 Å². The normalized spacial score (nSPS) is 11.7. The fourth-order valence-electron chi connectivity index (χ4n) is 4.09. The van der Waals surface area contributed by atoms with E-state index in [9.17, 15) is 22.5 Å². The van der Waals surface area contributed by atoms with E-state index in [2.05, 4.69) is 31.2 Å². The molecule has 0 aliphatic rings. The summed E-state index contributed by atoms with van der Waals surface area (Å²) < 4.78 is 64.5. The number of hydroxylamine groups is 1. The molecule has 0 aliphatic heterocycles. The molecule has 1 amide bonds. The quantitative estimate of drug-likeness (QED) is 0.0939. The number of aliphatic hydroxyl groups excluding tert-OH is 1. The second-order valence-corrected chi connectivity index (χ2v) is 9.95. The molecule has 2 heterocycles. The maximum atomic E-state index is 14.0. The van der Waals surface area contributed by atoms with Crippen molar-refractivity contribution in [1.82, 2.24) is 25.2 Å². The SMILES string of the molecule is CONC(=O)c1cc(-c2cnn(CCCO)c2)ccc1Nc1nc(Nc2ccc(CO[P+](=O)O)cc2OC)ncc1C(F)(F)F. The van der Waals surface area contributed by atoms with Crippen molar-refractivity contribution < 1.29 is 46.6 Å². The predicted octanol–water partition coefficient (Wildman–Crippen LogP) is 4.69. The average Bonchev–Trinajstić information content (AvgIpc) is 3.48. The van der Waals surface area contributed by atoms with Crippen molar-refractivity contribution in [2.45, 2.75) is 25.7 Å². The van der Waals surface area contributed by atoms with Crippen molar-refractivity contribution in [1.29, 1.82) is 0 Å². The zero-order chi connectivity index (χ0) is 32.6. The molecular formula is C27H28F3N7O7P+. The first-order chi connectivity index (χ1) is 21.5. The van der Waals surface area contributed by atoms with E-state index in [4.69, 9.17) is 24.1 Å². The number of aryl methyl sites for hydroxylation is 1. The lowest BCUT2D eigenvalue weighted by molar-refractivity contribution is -0.137. The van der Waals surface area contributed by atoms with Crippen LogP contribution in [-0.2, 0) is 33.3 Å². The van der Waals surface area contributed by atoms with E-state index < -0.39 is 31.7 Å². The van der Waals surface area contributed by atoms with Crippen LogP contribution in [0.2, 0.25) is 0 Å². The lowest BCUT2D eigenvalue weighted by atomic mass is 10.0. The molecule has 14 nitrogen and oxygen atoms in total. The minimum Gasteiger partial charge on any atom is -0.495 e. The van der Waals surface area contributed by atoms with Crippen LogP contribution in [0.25, 0.3) is 11.1 Å². The van der Waals surface area contributed by atoms with Crippen LogP contribution in [0.1, 0.15) is 27.9 Å². The van der Waals surface area contributed by atoms with Crippen LogP contribution in [0, 0.1) is 0 Å². The van der Waals surface area contributed by atoms with Crippen molar-refractivity contribution >= 4 is 37.3 Å². The number of carbonyl (C=O) groups excluding carboxylic acids is 1. The number of carbonyl (C=O) groups is 1. The second kappa shape index (κ2) is 14.9. The summed E-state index contributed by atoms with van der Waals surface area (Å²) in [6.07, 6.45) is -0.504. The Balaban J connectivity index is 1.69. The number of ether oxygens (including phenoxy) is 1. The molecule has 2 aromatic heterocycles. The van der Waals surface area contributed by atoms with Crippen molar-refractivity contribution in [3.63, 3.8) is 0 Å². The molecule has 2 aromatic carbocycles. The van der Waals surface area contributed by atoms with Gasteiger partial charge in [-0.3, -0.25) is 14.3 Å². The molecule has 0 saturated heterocycles. The number of aromatic nitrogens is 4. The van der Waals surface area contributed by atoms with Crippen LogP contribution in [0.3, 0.4) is 0 Å². The van der Waals surface area contributed by atoms with Gasteiger partial charge in [-0.15, -0.1) is 9.42 Å². The summed E-state index contributed by atoms with van der Waals surface area (Å²) in [7, 11) is -0.246. The number of methoxy groups -OCH3 is 1. The number of amides is 1. The van der Waals surface area contributed by atoms with E-state index in [-0.39, 0.29) is 41.8 Å². The molecule has 45 heavy (non-hydrogen) atoms. The summed E-state index contributed by atoms with van der Waals surface area (Å²) in [5, 5.41) is 18.7. The maximum absolute atomic E-state index is 14.0. The highest BCUT2D eigenvalue weighted by atomic mass is 31.1. The van der Waals surface area contributed by atoms with E-state index in [0.29, 0.717) is 35.9 Å². The summed E-state index contributed by atoms with van der Waals surface area (Å²) in [6.45, 7) is 0.271. The molecule has 4 rings (SSSR count). The van der Waals surface area contributed by atoms with Crippen molar-refractivity contribution in [2.75, 3.05) is 31.5 Å². The highest BCUT2D eigenvalue weighted by Crippen LogP contribution is 2.37. The van der Waals surface area contributed by atoms with Gasteiger partial charge in [0.05, 0.1) is 37.4 Å². The number of anilines is 4. The molecule has 0 bridgehead atoms. The Morgan fingerprint density at radius 2 is 1.84 bits per heavy atom. The Bertz CT molecular complexity index is 1670. The number of halogens is 3. The van der Waals surface area contributed by atoms with E-state index in [0.717, 1.165) is 0 Å². The van der Waals surface area contributed by atoms with Gasteiger partial charge in [-0.2, -0.15) is 23.3 Å². The predicted molar refractivity (Wildman–Crippen MR) is 155 cm³/mol. The molecular weight excluding hydrogens is 622 g/mol. The largest absolute Gasteiger partial charge is 0.695 e. The van der Waals surface area contributed by atoms with E-state index in [1.54, 1.807) is 29.2 Å². The number of aliphatic hydroxyl groups is 1. The van der Waals surface area contributed by atoms with Gasteiger partial charge in [-0.1, -0.05) is 12.1 Å². The van der Waals surface area contributed by atoms with Crippen molar-refractivity contribution in [3.8, 4) is 16.9 Å². The number of nitrogens with one attached hydrogen (secondary N) is 3. The first-order valence-electron chi connectivity index (χ1n) is 13.1. The lowest BCUT2D eigenvalue weighted by Crippen LogP contribution is -2.23. The number of alkyl halides is 3. The number of rotatable bonds is 14. The third-order valence-electron chi connectivity index (χ3n) is 6.17. The van der Waals surface area contributed by atoms with Gasteiger partial charge in [0.2, 0.25) is 5.95 Å². The summed E-state index contributed by atoms with van der Waals surface area (Å²) in [6, 6.07) is 9.03. The van der Waals surface area contributed by atoms with Gasteiger partial charge >= 0.3 is 14.4 Å². The maximum Gasteiger partial charge on any atom is 0.695 e. The number of nitrogens with zero attached hydrogens (tertiary/aromatic N) is 4. The molecule has 0 aliphatic carbocycles. The Morgan fingerprint density at radius 3 is 2.53 bits per heavy atom. The van der Waals surface area contributed by atoms with E-state index >= 15 is 0 Å². The Kier molecular flexibility index (Phi) is 11.0. The van der Waals surface area contributed by atoms with E-state index in [1.807, 2.05) is 0 Å². The number of hydrogen-bond acceptors (Lipinski definition) is 11. The third-order valence-corrected chi connectivity index (χ3v) is 6.52. The molecule has 5 N–H and O–H groups in total. The molecule has 0 fully saturated rings. The smallest absolute Gasteiger partial charge is 0.495 e. The zero-order valence-corrected chi connectivity index (χ0v) is 24.7. The molecule has 0 saturated carbocycles. The second-order valence-electron chi connectivity index (χ2n) is 9.21. The minimum atomic E-state index is -4.86. The van der Waals surface area contributed by atoms with Crippen LogP contribution in [-0.4, -0.2) is 56.5 Å². The molecule has 1 atom stereocenters. The first-order valence-corrected chi connectivity index (χ1v) is 14.2. The van der Waals surface area contributed by atoms with Crippen molar-refractivity contribution in [2.24, 2.45) is 0 Å². The highest BCUT2D eigenvalue weighted by Gasteiger charge is 2.36. The minimum absolute atomic E-state index is 0.0117. The molecule has 1 unspecified atom stereocenters. The molecule has 0 radical (unpaired) electrons. The van der Waals surface area contributed by atoms with Crippen LogP contribution in [0.4, 0.5) is 36.3 Å². The summed E-state index contributed by atoms with van der Waals surface area (Å²) >= 11 is 0. The highest BCUT2D eigenvalue weighted by molar-refractivity contribution is 7.32. The van der Waals surface area contributed by atoms with Gasteiger partial charge < -0.3 is 20.5 Å². The Hall–Kier alpha value is -4.67. The topological polar surface area (TPSA) is 182 Å². The van der Waals surface area contributed by atoms with Gasteiger partial charge in [0.25, 0.3) is 5.91 Å². The summed E-state index contributed by atoms with van der Waals surface area (Å²) in [5.74, 6) is -1.39. The van der Waals surface area contributed by atoms with Gasteiger partial charge in [0.15, 0.2) is 0 Å². The zero-order valence-electron chi connectivity index (χ0n) is 23.8. The number of benzene rings is 2. The van der Waals surface area contributed by atoms with Crippen LogP contribution < -0.4 is 20.9 Å². The monoisotopic (exact) mass is 650 g/mol. The lowest BCUT2D eigenvalue weighted by Gasteiger charge is -2.18. The Labute approximate surface area is 255 Å². The molecule has 0 spiro atoms. The Morgan fingerprint density at radius 1 is 1.07 bits per heavy atom. The van der Waals surface area contributed by atoms with Crippen LogP contribution in [0.15, 0.2) is 55.0 Å². The molecule has 18 heteroatoms. The summed E-state index contributed by atoms with van der Waals surface area (Å²) in [5.41, 5.74) is 2.86. The van der Waals surface area contributed by atoms with E-state index in [1.165, 1.54) is 38.5 Å². The van der Waals surface area contributed by atoms with Crippen LogP contribution in [0.5, 0.6) is 5.75 Å². The molecule has 238 valence electrons. The summed E-state index contributed by atoms with van der Waals surface area (Å²) in [4.78, 5) is 34.4. The van der Waals surface area contributed by atoms with Gasteiger partial charge in [0.1, 0.15) is 23.7 Å². The van der Waals surface area contributed by atoms with Crippen molar-refractivity contribution in [3.05, 3.63) is 71.7 Å². The molecule has 4 aromatic rings. The third kappa shape index (κ3) is 8.71. The van der Waals surface area contributed by atoms with Gasteiger partial charge in [-0.05, 0) is 41.8 Å². The standard InChI is InChI=1S/C27H27F3N7O7P/c1-42-23-10-16(15-44-45(40)41)4-6-22(23)34-26-31-13-20(27(28,29)30)24(35-26)33-21-7-5-17(11-19(21)25(39)36-43-2)18-12-32-37(14-18)8-3-9-38/h4-7,10-14,38H,3,8-9,15H2,1-2H3,(H3-,31,33,34,35,36,39,40,41)/p+1. The van der Waals surface area contributed by atoms with Crippen LogP contribution >= 0.6 is 8.25 Å². The average molecular weight is 651 g/mol. The fraction of sp³-hybridized carbons (Fsp3) is 0.259. The van der Waals surface area contributed by atoms with Gasteiger partial charge in [0, 0.05) is 35.7 Å².